The van der Waals surface area contributed by atoms with Gasteiger partial charge >= 0.3 is 0 Å². The first-order chi connectivity index (χ1) is 10.3. The number of nitrogens with zero attached hydrogens (tertiary/aromatic N) is 3. The monoisotopic (exact) mass is 280 g/mol. The maximum absolute atomic E-state index is 12.7. The van der Waals surface area contributed by atoms with E-state index in [1.165, 1.54) is 5.56 Å². The molecule has 0 unspecified atom stereocenters. The number of para-hydroxylation sites is 1. The van der Waals surface area contributed by atoms with E-state index in [4.69, 9.17) is 0 Å². The van der Waals surface area contributed by atoms with Crippen molar-refractivity contribution in [3.8, 4) is 0 Å². The van der Waals surface area contributed by atoms with Gasteiger partial charge in [-0.15, -0.1) is 0 Å². The largest absolute Gasteiger partial charge is 0.312 e. The Morgan fingerprint density at radius 1 is 1.19 bits per heavy atom. The molecule has 0 aliphatic carbocycles. The first-order valence-corrected chi connectivity index (χ1v) is 7.28. The Kier molecular flexibility index (Phi) is 2.93. The molecular formula is C16H16N4O. The SMILES string of the molecule is O=C(c1ncc2c(n1)CCNC2)N1CCc2ccccc21. The lowest BCUT2D eigenvalue weighted by atomic mass is 10.1. The third-order valence-electron chi connectivity index (χ3n) is 4.13. The van der Waals surface area contributed by atoms with Gasteiger partial charge in [0.25, 0.3) is 5.91 Å². The van der Waals surface area contributed by atoms with Gasteiger partial charge in [0.05, 0.1) is 5.69 Å². The summed E-state index contributed by atoms with van der Waals surface area (Å²) in [6.07, 6.45) is 3.54. The van der Waals surface area contributed by atoms with Crippen molar-refractivity contribution in [3.63, 3.8) is 0 Å². The van der Waals surface area contributed by atoms with Crippen molar-refractivity contribution < 1.29 is 4.79 Å². The number of fused-ring (bicyclic) bond motifs is 2. The number of carbonyl (C=O) groups excluding carboxylic acids is 1. The number of carbonyl (C=O) groups is 1. The van der Waals surface area contributed by atoms with E-state index in [0.717, 1.165) is 42.9 Å². The number of anilines is 1. The molecule has 3 heterocycles. The van der Waals surface area contributed by atoms with Crippen molar-refractivity contribution in [2.45, 2.75) is 19.4 Å². The van der Waals surface area contributed by atoms with Crippen molar-refractivity contribution in [3.05, 3.63) is 53.1 Å². The van der Waals surface area contributed by atoms with Crippen LogP contribution in [0, 0.1) is 0 Å². The van der Waals surface area contributed by atoms with Crippen LogP contribution in [-0.2, 0) is 19.4 Å². The molecule has 2 aromatic rings. The van der Waals surface area contributed by atoms with E-state index in [0.29, 0.717) is 12.4 Å². The highest BCUT2D eigenvalue weighted by atomic mass is 16.2. The molecule has 5 heteroatoms. The lowest BCUT2D eigenvalue weighted by Gasteiger charge is -2.19. The van der Waals surface area contributed by atoms with Gasteiger partial charge in [-0.3, -0.25) is 4.79 Å². The van der Waals surface area contributed by atoms with Crippen molar-refractivity contribution in [1.29, 1.82) is 0 Å². The molecule has 0 spiro atoms. The second-order valence-corrected chi connectivity index (χ2v) is 5.43. The third-order valence-corrected chi connectivity index (χ3v) is 4.13. The first kappa shape index (κ1) is 12.5. The summed E-state index contributed by atoms with van der Waals surface area (Å²) >= 11 is 0. The van der Waals surface area contributed by atoms with Crippen LogP contribution in [0.4, 0.5) is 5.69 Å². The van der Waals surface area contributed by atoms with Gasteiger partial charge in [-0.1, -0.05) is 18.2 Å². The fourth-order valence-corrected chi connectivity index (χ4v) is 3.01. The summed E-state index contributed by atoms with van der Waals surface area (Å²) in [5.41, 5.74) is 4.30. The van der Waals surface area contributed by atoms with E-state index >= 15 is 0 Å². The standard InChI is InChI=1S/C16H16N4O/c21-16(20-8-6-11-3-1-2-4-14(11)20)15-18-10-12-9-17-7-5-13(12)19-15/h1-4,10,17H,5-9H2. The number of benzene rings is 1. The van der Waals surface area contributed by atoms with Gasteiger partial charge in [0.15, 0.2) is 0 Å². The summed E-state index contributed by atoms with van der Waals surface area (Å²) in [6, 6.07) is 8.03. The van der Waals surface area contributed by atoms with Crippen LogP contribution >= 0.6 is 0 Å². The number of amides is 1. The molecule has 21 heavy (non-hydrogen) atoms. The topological polar surface area (TPSA) is 58.1 Å². The van der Waals surface area contributed by atoms with Gasteiger partial charge in [0.2, 0.25) is 5.82 Å². The second-order valence-electron chi connectivity index (χ2n) is 5.43. The Bertz CT molecular complexity index is 713. The fourth-order valence-electron chi connectivity index (χ4n) is 3.01. The number of rotatable bonds is 1. The molecule has 0 saturated carbocycles. The van der Waals surface area contributed by atoms with Gasteiger partial charge in [0, 0.05) is 43.5 Å². The molecule has 1 amide bonds. The molecule has 4 rings (SSSR count). The van der Waals surface area contributed by atoms with Crippen LogP contribution in [0.3, 0.4) is 0 Å². The quantitative estimate of drug-likeness (QED) is 0.856. The smallest absolute Gasteiger partial charge is 0.296 e. The molecule has 2 aliphatic heterocycles. The molecule has 0 radical (unpaired) electrons. The van der Waals surface area contributed by atoms with Gasteiger partial charge in [-0.05, 0) is 18.1 Å². The normalized spacial score (nSPS) is 16.5. The molecule has 0 fully saturated rings. The minimum atomic E-state index is -0.0960. The molecule has 0 bridgehead atoms. The van der Waals surface area contributed by atoms with Crippen LogP contribution in [0.25, 0.3) is 0 Å². The van der Waals surface area contributed by atoms with Crippen LogP contribution < -0.4 is 10.2 Å². The predicted molar refractivity (Wildman–Crippen MR) is 79.3 cm³/mol. The summed E-state index contributed by atoms with van der Waals surface area (Å²) in [6.45, 7) is 2.40. The van der Waals surface area contributed by atoms with E-state index in [1.54, 1.807) is 11.1 Å². The molecule has 0 saturated heterocycles. The van der Waals surface area contributed by atoms with Crippen LogP contribution in [0.2, 0.25) is 0 Å². The zero-order valence-corrected chi connectivity index (χ0v) is 11.7. The van der Waals surface area contributed by atoms with Crippen molar-refractivity contribution >= 4 is 11.6 Å². The van der Waals surface area contributed by atoms with Crippen molar-refractivity contribution in [2.24, 2.45) is 0 Å². The van der Waals surface area contributed by atoms with Gasteiger partial charge in [-0.2, -0.15) is 0 Å². The summed E-state index contributed by atoms with van der Waals surface area (Å²) in [7, 11) is 0. The molecular weight excluding hydrogens is 264 g/mol. The van der Waals surface area contributed by atoms with Gasteiger partial charge in [-0.25, -0.2) is 9.97 Å². The highest BCUT2D eigenvalue weighted by Crippen LogP contribution is 2.28. The zero-order valence-electron chi connectivity index (χ0n) is 11.7. The van der Waals surface area contributed by atoms with Crippen LogP contribution in [0.5, 0.6) is 0 Å². The number of hydrogen-bond donors (Lipinski definition) is 1. The van der Waals surface area contributed by atoms with Crippen molar-refractivity contribution in [2.75, 3.05) is 18.0 Å². The zero-order chi connectivity index (χ0) is 14.2. The van der Waals surface area contributed by atoms with E-state index < -0.39 is 0 Å². The Morgan fingerprint density at radius 2 is 2.10 bits per heavy atom. The molecule has 5 nitrogen and oxygen atoms in total. The number of nitrogens with one attached hydrogen (secondary N) is 1. The fraction of sp³-hybridized carbons (Fsp3) is 0.312. The average Bonchev–Trinajstić information content (AvgIpc) is 2.98. The van der Waals surface area contributed by atoms with Gasteiger partial charge < -0.3 is 10.2 Å². The molecule has 106 valence electrons. The summed E-state index contributed by atoms with van der Waals surface area (Å²) in [4.78, 5) is 23.2. The Labute approximate surface area is 123 Å². The molecule has 1 aromatic carbocycles. The van der Waals surface area contributed by atoms with Crippen LogP contribution in [0.1, 0.15) is 27.4 Å². The summed E-state index contributed by atoms with van der Waals surface area (Å²) in [5.74, 6) is 0.216. The highest BCUT2D eigenvalue weighted by molar-refractivity contribution is 6.04. The molecule has 2 aliphatic rings. The molecule has 1 N–H and O–H groups in total. The minimum absolute atomic E-state index is 0.0960. The molecule has 1 aromatic heterocycles. The minimum Gasteiger partial charge on any atom is -0.312 e. The lowest BCUT2D eigenvalue weighted by Crippen LogP contribution is -2.32. The average molecular weight is 280 g/mol. The van der Waals surface area contributed by atoms with Crippen molar-refractivity contribution in [1.82, 2.24) is 15.3 Å². The number of aromatic nitrogens is 2. The Balaban J connectivity index is 1.67. The van der Waals surface area contributed by atoms with E-state index in [9.17, 15) is 4.79 Å². The third kappa shape index (κ3) is 2.10. The Morgan fingerprint density at radius 3 is 3.05 bits per heavy atom. The summed E-state index contributed by atoms with van der Waals surface area (Å²) < 4.78 is 0. The van der Waals surface area contributed by atoms with E-state index in [-0.39, 0.29) is 5.91 Å². The number of hydrogen-bond acceptors (Lipinski definition) is 4. The Hall–Kier alpha value is -2.27. The molecule has 0 atom stereocenters. The van der Waals surface area contributed by atoms with E-state index in [1.807, 2.05) is 18.2 Å². The van der Waals surface area contributed by atoms with Crippen LogP contribution in [0.15, 0.2) is 30.5 Å². The maximum atomic E-state index is 12.7. The summed E-state index contributed by atoms with van der Waals surface area (Å²) in [5, 5.41) is 3.28. The van der Waals surface area contributed by atoms with Crippen LogP contribution in [-0.4, -0.2) is 29.0 Å². The van der Waals surface area contributed by atoms with E-state index in [2.05, 4.69) is 21.4 Å². The second kappa shape index (κ2) is 4.93. The highest BCUT2D eigenvalue weighted by Gasteiger charge is 2.27. The first-order valence-electron chi connectivity index (χ1n) is 7.28. The maximum Gasteiger partial charge on any atom is 0.296 e. The van der Waals surface area contributed by atoms with Gasteiger partial charge in [0.1, 0.15) is 0 Å². The lowest BCUT2D eigenvalue weighted by molar-refractivity contribution is 0.0979. The predicted octanol–water partition coefficient (Wildman–Crippen LogP) is 1.33.